The van der Waals surface area contributed by atoms with Crippen LogP contribution >= 0.6 is 0 Å². The van der Waals surface area contributed by atoms with E-state index < -0.39 is 11.6 Å². The van der Waals surface area contributed by atoms with Gasteiger partial charge in [-0.25, -0.2) is 8.78 Å². The highest BCUT2D eigenvalue weighted by Gasteiger charge is 2.12. The fourth-order valence-electron chi connectivity index (χ4n) is 1.36. The van der Waals surface area contributed by atoms with Gasteiger partial charge in [0.05, 0.1) is 5.56 Å². The predicted molar refractivity (Wildman–Crippen MR) is 54.1 cm³/mol. The fraction of sp³-hybridized carbons (Fsp3) is 0.0833. The van der Waals surface area contributed by atoms with Crippen molar-refractivity contribution in [2.75, 3.05) is 0 Å². The van der Waals surface area contributed by atoms with Crippen LogP contribution in [-0.2, 0) is 0 Å². The van der Waals surface area contributed by atoms with Crippen molar-refractivity contribution in [1.29, 1.82) is 0 Å². The first-order chi connectivity index (χ1) is 7.58. The van der Waals surface area contributed by atoms with E-state index in [0.29, 0.717) is 0 Å². The molecule has 1 aromatic carbocycles. The Morgan fingerprint density at radius 1 is 1.19 bits per heavy atom. The van der Waals surface area contributed by atoms with Crippen molar-refractivity contribution in [3.05, 3.63) is 47.7 Å². The molecule has 0 spiro atoms. The van der Waals surface area contributed by atoms with Gasteiger partial charge in [-0.05, 0) is 24.3 Å². The zero-order chi connectivity index (χ0) is 11.7. The maximum absolute atomic E-state index is 13.4. The third-order valence-corrected chi connectivity index (χ3v) is 2.15. The lowest BCUT2D eigenvalue weighted by Gasteiger charge is -1.99. The molecular weight excluding hydrogens is 214 g/mol. The fourth-order valence-corrected chi connectivity index (χ4v) is 1.36. The van der Waals surface area contributed by atoms with Gasteiger partial charge in [-0.1, -0.05) is 0 Å². The number of furan rings is 1. The minimum atomic E-state index is -0.718. The molecule has 0 N–H and O–H groups in total. The summed E-state index contributed by atoms with van der Waals surface area (Å²) < 4.78 is 31.2. The molecule has 2 aromatic rings. The summed E-state index contributed by atoms with van der Waals surface area (Å²) in [5, 5.41) is 0. The first kappa shape index (κ1) is 10.5. The van der Waals surface area contributed by atoms with Crippen LogP contribution in [-0.4, -0.2) is 5.78 Å². The molecule has 0 aliphatic carbocycles. The Balaban J connectivity index is 2.46. The molecule has 82 valence electrons. The zero-order valence-electron chi connectivity index (χ0n) is 8.46. The average molecular weight is 222 g/mol. The topological polar surface area (TPSA) is 30.2 Å². The van der Waals surface area contributed by atoms with Crippen molar-refractivity contribution >= 4 is 5.78 Å². The van der Waals surface area contributed by atoms with Crippen molar-refractivity contribution in [3.63, 3.8) is 0 Å². The van der Waals surface area contributed by atoms with Crippen LogP contribution in [0.5, 0.6) is 0 Å². The number of carbonyl (C=O) groups is 1. The molecule has 0 amide bonds. The maximum atomic E-state index is 13.4. The van der Waals surface area contributed by atoms with Crippen molar-refractivity contribution in [2.24, 2.45) is 0 Å². The second-order valence-corrected chi connectivity index (χ2v) is 3.34. The van der Waals surface area contributed by atoms with Gasteiger partial charge in [-0.3, -0.25) is 4.79 Å². The second-order valence-electron chi connectivity index (χ2n) is 3.34. The van der Waals surface area contributed by atoms with Crippen LogP contribution < -0.4 is 0 Å². The van der Waals surface area contributed by atoms with Gasteiger partial charge < -0.3 is 4.42 Å². The average Bonchev–Trinajstić information content (AvgIpc) is 2.66. The summed E-state index contributed by atoms with van der Waals surface area (Å²) in [6, 6.07) is 6.11. The van der Waals surface area contributed by atoms with E-state index in [1.807, 2.05) is 0 Å². The van der Waals surface area contributed by atoms with E-state index in [1.54, 1.807) is 0 Å². The Morgan fingerprint density at radius 3 is 2.50 bits per heavy atom. The number of hydrogen-bond donors (Lipinski definition) is 0. The van der Waals surface area contributed by atoms with Crippen molar-refractivity contribution < 1.29 is 18.0 Å². The van der Waals surface area contributed by atoms with Crippen LogP contribution in [0.15, 0.2) is 34.7 Å². The Bertz CT molecular complexity index is 544. The van der Waals surface area contributed by atoms with Gasteiger partial charge >= 0.3 is 0 Å². The maximum Gasteiger partial charge on any atom is 0.194 e. The molecule has 4 heteroatoms. The molecule has 16 heavy (non-hydrogen) atoms. The first-order valence-corrected chi connectivity index (χ1v) is 4.64. The lowest BCUT2D eigenvalue weighted by Crippen LogP contribution is -1.87. The van der Waals surface area contributed by atoms with Crippen LogP contribution in [0, 0.1) is 11.6 Å². The summed E-state index contributed by atoms with van der Waals surface area (Å²) in [4.78, 5) is 11.0. The standard InChI is InChI=1S/C12H8F2O2/c1-7(15)11-4-5-12(16-11)9-3-2-8(13)6-10(9)14/h2-6H,1H3. The van der Waals surface area contributed by atoms with E-state index in [1.165, 1.54) is 25.1 Å². The molecule has 0 unspecified atom stereocenters. The Kier molecular flexibility index (Phi) is 2.56. The van der Waals surface area contributed by atoms with Gasteiger partial charge in [0, 0.05) is 13.0 Å². The SMILES string of the molecule is CC(=O)c1ccc(-c2ccc(F)cc2F)o1. The lowest BCUT2D eigenvalue weighted by atomic mass is 10.1. The highest BCUT2D eigenvalue weighted by atomic mass is 19.1. The normalized spacial score (nSPS) is 10.4. The summed E-state index contributed by atoms with van der Waals surface area (Å²) in [5.41, 5.74) is 0.133. The van der Waals surface area contributed by atoms with E-state index in [-0.39, 0.29) is 22.9 Å². The molecule has 0 saturated carbocycles. The van der Waals surface area contributed by atoms with Crippen molar-refractivity contribution in [1.82, 2.24) is 0 Å². The summed E-state index contributed by atoms with van der Waals surface area (Å²) in [7, 11) is 0. The number of benzene rings is 1. The third-order valence-electron chi connectivity index (χ3n) is 2.15. The summed E-state index contributed by atoms with van der Waals surface area (Å²) >= 11 is 0. The van der Waals surface area contributed by atoms with Gasteiger partial charge in [0.1, 0.15) is 17.4 Å². The number of ketones is 1. The monoisotopic (exact) mass is 222 g/mol. The predicted octanol–water partition coefficient (Wildman–Crippen LogP) is 3.43. The number of hydrogen-bond acceptors (Lipinski definition) is 2. The van der Waals surface area contributed by atoms with Gasteiger partial charge in [0.25, 0.3) is 0 Å². The largest absolute Gasteiger partial charge is 0.453 e. The van der Waals surface area contributed by atoms with Crippen LogP contribution in [0.2, 0.25) is 0 Å². The van der Waals surface area contributed by atoms with Crippen LogP contribution in [0.1, 0.15) is 17.5 Å². The van der Waals surface area contributed by atoms with E-state index >= 15 is 0 Å². The first-order valence-electron chi connectivity index (χ1n) is 4.64. The molecule has 0 radical (unpaired) electrons. The second kappa shape index (κ2) is 3.89. The molecule has 1 heterocycles. The van der Waals surface area contributed by atoms with Gasteiger partial charge in [-0.2, -0.15) is 0 Å². The van der Waals surface area contributed by atoms with Gasteiger partial charge in [0.2, 0.25) is 0 Å². The molecule has 0 atom stereocenters. The molecule has 1 aromatic heterocycles. The minimum Gasteiger partial charge on any atom is -0.453 e. The number of Topliss-reactive ketones (excluding diaryl/α,β-unsaturated/α-hetero) is 1. The summed E-state index contributed by atoms with van der Waals surface area (Å²) in [6.07, 6.45) is 0. The van der Waals surface area contributed by atoms with Crippen LogP contribution in [0.4, 0.5) is 8.78 Å². The van der Waals surface area contributed by atoms with Gasteiger partial charge in [0.15, 0.2) is 11.5 Å². The number of carbonyl (C=O) groups excluding carboxylic acids is 1. The molecule has 0 aliphatic rings. The highest BCUT2D eigenvalue weighted by molar-refractivity contribution is 5.91. The van der Waals surface area contributed by atoms with E-state index in [0.717, 1.165) is 12.1 Å². The zero-order valence-corrected chi connectivity index (χ0v) is 8.46. The summed E-state index contributed by atoms with van der Waals surface area (Å²) in [6.45, 7) is 1.35. The Labute approximate surface area is 90.5 Å². The molecule has 0 saturated heterocycles. The van der Waals surface area contributed by atoms with E-state index in [2.05, 4.69) is 0 Å². The molecule has 2 nitrogen and oxygen atoms in total. The van der Waals surface area contributed by atoms with Crippen molar-refractivity contribution in [3.8, 4) is 11.3 Å². The number of rotatable bonds is 2. The van der Waals surface area contributed by atoms with E-state index in [9.17, 15) is 13.6 Å². The highest BCUT2D eigenvalue weighted by Crippen LogP contribution is 2.25. The molecule has 0 fully saturated rings. The molecule has 2 rings (SSSR count). The molecule has 0 aliphatic heterocycles. The van der Waals surface area contributed by atoms with E-state index in [4.69, 9.17) is 4.42 Å². The molecule has 0 bridgehead atoms. The molecular formula is C12H8F2O2. The smallest absolute Gasteiger partial charge is 0.194 e. The lowest BCUT2D eigenvalue weighted by molar-refractivity contribution is 0.0988. The Morgan fingerprint density at radius 2 is 1.94 bits per heavy atom. The summed E-state index contributed by atoms with van der Waals surface area (Å²) in [5.74, 6) is -1.25. The van der Waals surface area contributed by atoms with Gasteiger partial charge in [-0.15, -0.1) is 0 Å². The quantitative estimate of drug-likeness (QED) is 0.728. The van der Waals surface area contributed by atoms with Crippen LogP contribution in [0.3, 0.4) is 0 Å². The van der Waals surface area contributed by atoms with Crippen LogP contribution in [0.25, 0.3) is 11.3 Å². The number of halogens is 2. The van der Waals surface area contributed by atoms with Crippen molar-refractivity contribution in [2.45, 2.75) is 6.92 Å². The Hall–Kier alpha value is -1.97. The third kappa shape index (κ3) is 1.86. The minimum absolute atomic E-state index is 0.133.